The molecular formula is C22H30FN7O. The van der Waals surface area contributed by atoms with Crippen LogP contribution < -0.4 is 22.1 Å². The van der Waals surface area contributed by atoms with Gasteiger partial charge in [-0.15, -0.1) is 0 Å². The molecule has 8 nitrogen and oxygen atoms in total. The van der Waals surface area contributed by atoms with Crippen molar-refractivity contribution < 1.29 is 9.18 Å². The minimum atomic E-state index is -0.772. The van der Waals surface area contributed by atoms with Crippen molar-refractivity contribution in [1.29, 1.82) is 0 Å². The van der Waals surface area contributed by atoms with Crippen LogP contribution in [-0.4, -0.2) is 32.8 Å². The maximum atomic E-state index is 14.8. The second kappa shape index (κ2) is 9.74. The average molecular weight is 428 g/mol. The van der Waals surface area contributed by atoms with Gasteiger partial charge in [0, 0.05) is 24.0 Å². The van der Waals surface area contributed by atoms with E-state index in [0.717, 1.165) is 42.8 Å². The number of halogens is 1. The number of anilines is 3. The van der Waals surface area contributed by atoms with E-state index in [1.165, 1.54) is 0 Å². The molecule has 0 unspecified atom stereocenters. The molecule has 0 aliphatic heterocycles. The Labute approximate surface area is 181 Å². The first-order valence-electron chi connectivity index (χ1n) is 10.6. The summed E-state index contributed by atoms with van der Waals surface area (Å²) < 4.78 is 16.6. The molecule has 3 aromatic rings. The minimum Gasteiger partial charge on any atom is -0.365 e. The van der Waals surface area contributed by atoms with Gasteiger partial charge in [-0.2, -0.15) is 5.10 Å². The Balaban J connectivity index is 2.00. The van der Waals surface area contributed by atoms with E-state index in [4.69, 9.17) is 11.5 Å². The van der Waals surface area contributed by atoms with Crippen LogP contribution in [0.2, 0.25) is 0 Å². The zero-order valence-electron chi connectivity index (χ0n) is 18.2. The molecular weight excluding hydrogens is 397 g/mol. The zero-order chi connectivity index (χ0) is 22.5. The predicted octanol–water partition coefficient (Wildman–Crippen LogP) is 3.75. The molecule has 166 valence electrons. The van der Waals surface area contributed by atoms with Gasteiger partial charge in [-0.25, -0.2) is 9.37 Å². The number of aryl methyl sites for hydroxylation is 1. The Morgan fingerprint density at radius 3 is 2.71 bits per heavy atom. The lowest BCUT2D eigenvalue weighted by Crippen LogP contribution is -2.38. The lowest BCUT2D eigenvalue weighted by molar-refractivity contribution is 0.100. The molecule has 0 bridgehead atoms. The average Bonchev–Trinajstić information content (AvgIpc) is 3.16. The van der Waals surface area contributed by atoms with Gasteiger partial charge >= 0.3 is 0 Å². The van der Waals surface area contributed by atoms with Crippen LogP contribution in [0.5, 0.6) is 0 Å². The molecule has 2 atom stereocenters. The summed E-state index contributed by atoms with van der Waals surface area (Å²) in [5, 5.41) is 11.5. The maximum absolute atomic E-state index is 14.8. The first kappa shape index (κ1) is 22.5. The smallest absolute Gasteiger partial charge is 0.252 e. The van der Waals surface area contributed by atoms with Crippen LogP contribution in [0.1, 0.15) is 50.4 Å². The highest BCUT2D eigenvalue weighted by atomic mass is 19.1. The van der Waals surface area contributed by atoms with Crippen LogP contribution in [0.4, 0.5) is 21.7 Å². The highest BCUT2D eigenvalue weighted by Crippen LogP contribution is 2.29. The largest absolute Gasteiger partial charge is 0.365 e. The van der Waals surface area contributed by atoms with E-state index in [1.807, 2.05) is 36.7 Å². The standard InChI is InChI=1S/C22H30FN7O/c1-4-6-8-17(13(3)24)27-22-16(23)11-14(20(25)31)21(29-22)28-18-9-7-10-19-15(18)12-26-30(19)5-2/h7,9-13,17H,4-6,8,24H2,1-3H3,(H2,25,31)(H2,27,28,29)/t13-,17+/m0/s1. The van der Waals surface area contributed by atoms with Crippen molar-refractivity contribution in [2.75, 3.05) is 10.6 Å². The van der Waals surface area contributed by atoms with Gasteiger partial charge in [-0.05, 0) is 38.5 Å². The monoisotopic (exact) mass is 427 g/mol. The number of carbonyl (C=O) groups excluding carboxylic acids is 1. The summed E-state index contributed by atoms with van der Waals surface area (Å²) in [5.74, 6) is -1.22. The van der Waals surface area contributed by atoms with Gasteiger partial charge in [0.2, 0.25) is 0 Å². The Hall–Kier alpha value is -3.20. The normalized spacial score (nSPS) is 13.2. The number of nitrogens with one attached hydrogen (secondary N) is 2. The van der Waals surface area contributed by atoms with Crippen molar-refractivity contribution in [1.82, 2.24) is 14.8 Å². The number of unbranched alkanes of at least 4 members (excludes halogenated alkanes) is 1. The summed E-state index contributed by atoms with van der Waals surface area (Å²) in [7, 11) is 0. The minimum absolute atomic E-state index is 0.0299. The molecule has 31 heavy (non-hydrogen) atoms. The van der Waals surface area contributed by atoms with Crippen LogP contribution in [0.15, 0.2) is 30.5 Å². The number of primary amides is 1. The third-order valence-electron chi connectivity index (χ3n) is 5.31. The first-order chi connectivity index (χ1) is 14.8. The molecule has 1 amide bonds. The summed E-state index contributed by atoms with van der Waals surface area (Å²) in [6.07, 6.45) is 4.48. The Kier molecular flexibility index (Phi) is 7.06. The molecule has 1 aromatic carbocycles. The van der Waals surface area contributed by atoms with Crippen LogP contribution in [-0.2, 0) is 6.54 Å². The van der Waals surface area contributed by atoms with Crippen LogP contribution in [0.3, 0.4) is 0 Å². The second-order valence-corrected chi connectivity index (χ2v) is 7.66. The number of amides is 1. The summed E-state index contributed by atoms with van der Waals surface area (Å²) in [6, 6.07) is 6.43. The number of nitrogens with zero attached hydrogens (tertiary/aromatic N) is 3. The third-order valence-corrected chi connectivity index (χ3v) is 5.31. The lowest BCUT2D eigenvalue weighted by Gasteiger charge is -2.23. The van der Waals surface area contributed by atoms with E-state index in [2.05, 4.69) is 27.6 Å². The zero-order valence-corrected chi connectivity index (χ0v) is 18.2. The van der Waals surface area contributed by atoms with Gasteiger partial charge in [0.15, 0.2) is 11.6 Å². The topological polar surface area (TPSA) is 124 Å². The van der Waals surface area contributed by atoms with Gasteiger partial charge in [-0.1, -0.05) is 25.8 Å². The second-order valence-electron chi connectivity index (χ2n) is 7.66. The molecule has 0 spiro atoms. The van der Waals surface area contributed by atoms with E-state index in [9.17, 15) is 9.18 Å². The molecule has 6 N–H and O–H groups in total. The fourth-order valence-electron chi connectivity index (χ4n) is 3.53. The van der Waals surface area contributed by atoms with Crippen molar-refractivity contribution in [3.63, 3.8) is 0 Å². The molecule has 0 aliphatic carbocycles. The highest BCUT2D eigenvalue weighted by Gasteiger charge is 2.21. The van der Waals surface area contributed by atoms with Gasteiger partial charge in [-0.3, -0.25) is 9.48 Å². The van der Waals surface area contributed by atoms with E-state index in [-0.39, 0.29) is 29.3 Å². The third kappa shape index (κ3) is 4.93. The Morgan fingerprint density at radius 1 is 1.29 bits per heavy atom. The number of aromatic nitrogens is 3. The van der Waals surface area contributed by atoms with Crippen LogP contribution in [0.25, 0.3) is 10.9 Å². The van der Waals surface area contributed by atoms with E-state index in [1.54, 1.807) is 6.20 Å². The molecule has 0 fully saturated rings. The quantitative estimate of drug-likeness (QED) is 0.391. The number of pyridine rings is 1. The SMILES string of the molecule is CCCC[C@@H](Nc1nc(Nc2cccc3c2cnn3CC)c(C(N)=O)cc1F)[C@H](C)N. The molecule has 2 heterocycles. The molecule has 3 rings (SSSR count). The fraction of sp³-hybridized carbons (Fsp3) is 0.409. The number of nitrogens with two attached hydrogens (primary N) is 2. The summed E-state index contributed by atoms with van der Waals surface area (Å²) in [5.41, 5.74) is 13.2. The van der Waals surface area contributed by atoms with E-state index >= 15 is 0 Å². The van der Waals surface area contributed by atoms with Crippen LogP contribution in [0, 0.1) is 5.82 Å². The fourth-order valence-corrected chi connectivity index (χ4v) is 3.53. The van der Waals surface area contributed by atoms with Gasteiger partial charge in [0.05, 0.1) is 23.0 Å². The number of carbonyl (C=O) groups is 1. The lowest BCUT2D eigenvalue weighted by atomic mass is 10.0. The summed E-state index contributed by atoms with van der Waals surface area (Å²) in [6.45, 7) is 6.68. The number of rotatable bonds is 10. The molecule has 9 heteroatoms. The maximum Gasteiger partial charge on any atom is 0.252 e. The number of hydrogen-bond donors (Lipinski definition) is 4. The van der Waals surface area contributed by atoms with E-state index in [0.29, 0.717) is 5.69 Å². The van der Waals surface area contributed by atoms with Crippen LogP contribution >= 0.6 is 0 Å². The number of hydrogen-bond acceptors (Lipinski definition) is 6. The van der Waals surface area contributed by atoms with Gasteiger partial charge in [0.25, 0.3) is 5.91 Å². The van der Waals surface area contributed by atoms with E-state index < -0.39 is 11.7 Å². The summed E-state index contributed by atoms with van der Waals surface area (Å²) in [4.78, 5) is 16.4. The van der Waals surface area contributed by atoms with Crippen molar-refractivity contribution in [3.05, 3.63) is 41.8 Å². The Morgan fingerprint density at radius 2 is 2.06 bits per heavy atom. The molecule has 0 saturated heterocycles. The molecule has 0 saturated carbocycles. The molecule has 2 aromatic heterocycles. The van der Waals surface area contributed by atoms with Crippen molar-refractivity contribution in [2.45, 2.75) is 58.7 Å². The van der Waals surface area contributed by atoms with Gasteiger partial charge in [0.1, 0.15) is 5.82 Å². The Bertz CT molecular complexity index is 1060. The summed E-state index contributed by atoms with van der Waals surface area (Å²) >= 11 is 0. The number of fused-ring (bicyclic) bond motifs is 1. The highest BCUT2D eigenvalue weighted by molar-refractivity contribution is 6.00. The van der Waals surface area contributed by atoms with Gasteiger partial charge < -0.3 is 22.1 Å². The van der Waals surface area contributed by atoms with Crippen molar-refractivity contribution in [2.24, 2.45) is 11.5 Å². The number of benzene rings is 1. The first-order valence-corrected chi connectivity index (χ1v) is 10.6. The van der Waals surface area contributed by atoms with Crippen molar-refractivity contribution in [3.8, 4) is 0 Å². The molecule has 0 aliphatic rings. The van der Waals surface area contributed by atoms with Crippen molar-refractivity contribution >= 4 is 34.1 Å². The predicted molar refractivity (Wildman–Crippen MR) is 122 cm³/mol. The molecule has 0 radical (unpaired) electrons.